The first kappa shape index (κ1) is 14.6. The highest BCUT2D eigenvalue weighted by atomic mass is 16.2. The van der Waals surface area contributed by atoms with Crippen LogP contribution in [0.5, 0.6) is 0 Å². The number of likely N-dealkylation sites (tertiary alicyclic amines) is 1. The Kier molecular flexibility index (Phi) is 4.49. The molecule has 0 aromatic carbocycles. The smallest absolute Gasteiger partial charge is 0.330 e. The quantitative estimate of drug-likeness (QED) is 0.716. The number of hydrogen-bond acceptors (Lipinski definition) is 5. The molecule has 0 bridgehead atoms. The van der Waals surface area contributed by atoms with Gasteiger partial charge in [-0.25, -0.2) is 4.79 Å². The van der Waals surface area contributed by atoms with E-state index < -0.39 is 11.2 Å². The number of hydrogen-bond donors (Lipinski definition) is 3. The van der Waals surface area contributed by atoms with Crippen LogP contribution in [0.4, 0.5) is 11.5 Å². The molecule has 1 saturated heterocycles. The van der Waals surface area contributed by atoms with Crippen LogP contribution in [0, 0.1) is 5.92 Å². The molecule has 2 rings (SSSR count). The lowest BCUT2D eigenvalue weighted by molar-refractivity contribution is 0.217. The zero-order valence-electron chi connectivity index (χ0n) is 12.1. The highest BCUT2D eigenvalue weighted by Crippen LogP contribution is 2.17. The monoisotopic (exact) mass is 281 g/mol. The average Bonchev–Trinajstić information content (AvgIpc) is 2.38. The van der Waals surface area contributed by atoms with Gasteiger partial charge in [-0.15, -0.1) is 0 Å². The molecule has 0 spiro atoms. The van der Waals surface area contributed by atoms with E-state index in [9.17, 15) is 9.59 Å². The molecule has 1 aliphatic heterocycles. The van der Waals surface area contributed by atoms with Gasteiger partial charge in [0.15, 0.2) is 0 Å². The Hall–Kier alpha value is -1.76. The summed E-state index contributed by atoms with van der Waals surface area (Å²) in [6, 6.07) is 0. The van der Waals surface area contributed by atoms with Crippen molar-refractivity contribution in [3.63, 3.8) is 0 Å². The van der Waals surface area contributed by atoms with Gasteiger partial charge in [-0.2, -0.15) is 0 Å². The molecule has 112 valence electrons. The fourth-order valence-electron chi connectivity index (χ4n) is 2.76. The van der Waals surface area contributed by atoms with Crippen LogP contribution in [0.1, 0.15) is 19.8 Å². The van der Waals surface area contributed by atoms with Crippen LogP contribution in [0.3, 0.4) is 0 Å². The number of nitrogen functional groups attached to an aromatic ring is 1. The predicted molar refractivity (Wildman–Crippen MR) is 80.1 cm³/mol. The van der Waals surface area contributed by atoms with Crippen molar-refractivity contribution in [1.82, 2.24) is 14.5 Å². The molecule has 7 nitrogen and oxygen atoms in total. The summed E-state index contributed by atoms with van der Waals surface area (Å²) in [7, 11) is 2.10. The van der Waals surface area contributed by atoms with Gasteiger partial charge in [0.25, 0.3) is 5.56 Å². The summed E-state index contributed by atoms with van der Waals surface area (Å²) in [5.74, 6) is 0.708. The number of aromatic amines is 1. The van der Waals surface area contributed by atoms with E-state index in [4.69, 9.17) is 5.73 Å². The fraction of sp³-hybridized carbons (Fsp3) is 0.692. The van der Waals surface area contributed by atoms with Crippen molar-refractivity contribution in [2.24, 2.45) is 5.92 Å². The van der Waals surface area contributed by atoms with Gasteiger partial charge in [0.05, 0.1) is 0 Å². The van der Waals surface area contributed by atoms with Crippen molar-refractivity contribution >= 4 is 11.5 Å². The molecule has 0 saturated carbocycles. The predicted octanol–water partition coefficient (Wildman–Crippen LogP) is -0.108. The van der Waals surface area contributed by atoms with Gasteiger partial charge in [-0.1, -0.05) is 0 Å². The van der Waals surface area contributed by atoms with Gasteiger partial charge >= 0.3 is 5.69 Å². The molecule has 1 aliphatic rings. The highest BCUT2D eigenvalue weighted by molar-refractivity contribution is 5.60. The summed E-state index contributed by atoms with van der Waals surface area (Å²) in [5, 5.41) is 3.12. The van der Waals surface area contributed by atoms with Gasteiger partial charge < -0.3 is 16.0 Å². The first-order valence-electron chi connectivity index (χ1n) is 7.08. The Balaban J connectivity index is 2.13. The van der Waals surface area contributed by atoms with E-state index in [0.717, 1.165) is 19.5 Å². The maximum atomic E-state index is 11.8. The van der Waals surface area contributed by atoms with Crippen LogP contribution in [-0.2, 0) is 6.54 Å². The van der Waals surface area contributed by atoms with E-state index in [1.54, 1.807) is 0 Å². The number of nitrogens with one attached hydrogen (secondary N) is 2. The van der Waals surface area contributed by atoms with Crippen molar-refractivity contribution in [3.05, 3.63) is 20.8 Å². The summed E-state index contributed by atoms with van der Waals surface area (Å²) >= 11 is 0. The first-order valence-corrected chi connectivity index (χ1v) is 7.08. The number of rotatable bonds is 4. The number of nitrogens with zero attached hydrogens (tertiary/aromatic N) is 2. The van der Waals surface area contributed by atoms with E-state index in [1.807, 2.05) is 6.92 Å². The summed E-state index contributed by atoms with van der Waals surface area (Å²) in [6.45, 7) is 5.08. The first-order chi connectivity index (χ1) is 9.52. The Morgan fingerprint density at radius 3 is 2.85 bits per heavy atom. The zero-order valence-corrected chi connectivity index (χ0v) is 12.1. The standard InChI is InChI=1S/C13H23N5O2/c1-3-18-11(14)10(12(19)16-13(18)20)15-7-9-5-4-6-17(2)8-9/h9,15H,3-8,14H2,1-2H3,(H,16,19,20). The molecule has 4 N–H and O–H groups in total. The van der Waals surface area contributed by atoms with Crippen molar-refractivity contribution < 1.29 is 0 Å². The minimum atomic E-state index is -0.460. The van der Waals surface area contributed by atoms with Crippen LogP contribution in [-0.4, -0.2) is 41.1 Å². The molecular weight excluding hydrogens is 258 g/mol. The van der Waals surface area contributed by atoms with Crippen LogP contribution in [0.15, 0.2) is 9.59 Å². The van der Waals surface area contributed by atoms with Gasteiger partial charge in [-0.3, -0.25) is 14.3 Å². The van der Waals surface area contributed by atoms with Crippen molar-refractivity contribution in [2.75, 3.05) is 37.7 Å². The number of piperidine rings is 1. The molecule has 0 aliphatic carbocycles. The van der Waals surface area contributed by atoms with E-state index in [0.29, 0.717) is 24.7 Å². The minimum absolute atomic E-state index is 0.213. The van der Waals surface area contributed by atoms with Gasteiger partial charge in [0.1, 0.15) is 11.5 Å². The summed E-state index contributed by atoms with van der Waals surface area (Å²) in [5.41, 5.74) is 5.31. The SMILES string of the molecule is CCn1c(N)c(NCC2CCCN(C)C2)c(=O)[nH]c1=O. The minimum Gasteiger partial charge on any atom is -0.383 e. The Bertz CT molecular complexity index is 577. The molecule has 2 heterocycles. The van der Waals surface area contributed by atoms with E-state index in [-0.39, 0.29) is 5.82 Å². The number of H-pyrrole nitrogens is 1. The van der Waals surface area contributed by atoms with Crippen molar-refractivity contribution in [3.8, 4) is 0 Å². The number of aromatic nitrogens is 2. The molecule has 1 unspecified atom stereocenters. The Morgan fingerprint density at radius 2 is 2.20 bits per heavy atom. The van der Waals surface area contributed by atoms with Crippen LogP contribution < -0.4 is 22.3 Å². The lowest BCUT2D eigenvalue weighted by Gasteiger charge is -2.30. The molecule has 1 aromatic rings. The normalized spacial score (nSPS) is 20.0. The highest BCUT2D eigenvalue weighted by Gasteiger charge is 2.18. The van der Waals surface area contributed by atoms with E-state index >= 15 is 0 Å². The maximum absolute atomic E-state index is 11.8. The second kappa shape index (κ2) is 6.13. The molecule has 7 heteroatoms. The van der Waals surface area contributed by atoms with Crippen LogP contribution in [0.2, 0.25) is 0 Å². The van der Waals surface area contributed by atoms with Crippen molar-refractivity contribution in [2.45, 2.75) is 26.3 Å². The summed E-state index contributed by atoms with van der Waals surface area (Å²) in [6.07, 6.45) is 2.31. The van der Waals surface area contributed by atoms with Crippen LogP contribution >= 0.6 is 0 Å². The van der Waals surface area contributed by atoms with Crippen LogP contribution in [0.25, 0.3) is 0 Å². The zero-order chi connectivity index (χ0) is 14.7. The average molecular weight is 281 g/mol. The Morgan fingerprint density at radius 1 is 1.45 bits per heavy atom. The molecule has 1 fully saturated rings. The third kappa shape index (κ3) is 3.04. The topological polar surface area (TPSA) is 96.2 Å². The molecule has 20 heavy (non-hydrogen) atoms. The third-order valence-electron chi connectivity index (χ3n) is 3.85. The lowest BCUT2D eigenvalue weighted by Crippen LogP contribution is -2.37. The van der Waals surface area contributed by atoms with E-state index in [2.05, 4.69) is 22.2 Å². The van der Waals surface area contributed by atoms with Crippen molar-refractivity contribution in [1.29, 1.82) is 0 Å². The fourth-order valence-corrected chi connectivity index (χ4v) is 2.76. The molecule has 0 amide bonds. The van der Waals surface area contributed by atoms with E-state index in [1.165, 1.54) is 11.0 Å². The molecular formula is C13H23N5O2. The number of nitrogens with two attached hydrogens (primary N) is 1. The molecule has 1 aromatic heterocycles. The van der Waals surface area contributed by atoms with Gasteiger partial charge in [0, 0.05) is 19.6 Å². The largest absolute Gasteiger partial charge is 0.383 e. The van der Waals surface area contributed by atoms with Gasteiger partial charge in [-0.05, 0) is 39.3 Å². The summed E-state index contributed by atoms with van der Waals surface area (Å²) in [4.78, 5) is 28.0. The maximum Gasteiger partial charge on any atom is 0.330 e. The second-order valence-corrected chi connectivity index (χ2v) is 5.42. The van der Waals surface area contributed by atoms with Gasteiger partial charge in [0.2, 0.25) is 0 Å². The molecule has 0 radical (unpaired) electrons. The second-order valence-electron chi connectivity index (χ2n) is 5.42. The summed E-state index contributed by atoms with van der Waals surface area (Å²) < 4.78 is 1.36. The third-order valence-corrected chi connectivity index (χ3v) is 3.85. The Labute approximate surface area is 117 Å². The molecule has 1 atom stereocenters. The lowest BCUT2D eigenvalue weighted by atomic mass is 9.98. The number of anilines is 2.